The Hall–Kier alpha value is -1.78. The predicted molar refractivity (Wildman–Crippen MR) is 99.2 cm³/mol. The van der Waals surface area contributed by atoms with Crippen LogP contribution in [0.3, 0.4) is 0 Å². The normalized spacial score (nSPS) is 9.43. The number of pyridine rings is 1. The number of amides is 1. The number of nitrogens with two attached hydrogens (primary N) is 1. The van der Waals surface area contributed by atoms with Gasteiger partial charge in [0.15, 0.2) is 0 Å². The summed E-state index contributed by atoms with van der Waals surface area (Å²) in [7, 11) is 1.85. The van der Waals surface area contributed by atoms with Crippen LogP contribution in [0.15, 0.2) is 48.8 Å². The molecule has 0 aliphatic carbocycles. The Morgan fingerprint density at radius 1 is 1.09 bits per heavy atom. The summed E-state index contributed by atoms with van der Waals surface area (Å²) in [6.45, 7) is 0.715. The first kappa shape index (κ1) is 21.2. The second-order valence-electron chi connectivity index (χ2n) is 5.12. The van der Waals surface area contributed by atoms with E-state index in [0.717, 1.165) is 17.7 Å². The van der Waals surface area contributed by atoms with E-state index < -0.39 is 0 Å². The smallest absolute Gasteiger partial charge is 0.222 e. The molecular formula is C17H23Cl2N3O. The first-order valence-corrected chi connectivity index (χ1v) is 7.13. The molecule has 1 heterocycles. The van der Waals surface area contributed by atoms with Gasteiger partial charge in [-0.2, -0.15) is 0 Å². The summed E-state index contributed by atoms with van der Waals surface area (Å²) < 4.78 is 0. The van der Waals surface area contributed by atoms with Gasteiger partial charge in [0.1, 0.15) is 0 Å². The maximum Gasteiger partial charge on any atom is 0.222 e. The van der Waals surface area contributed by atoms with E-state index in [0.29, 0.717) is 19.4 Å². The molecule has 126 valence electrons. The molecule has 0 unspecified atom stereocenters. The number of rotatable bonds is 6. The molecule has 0 atom stereocenters. The number of likely N-dealkylation sites (N-methyl/N-ethyl adjacent to an activating group) is 1. The Morgan fingerprint density at radius 3 is 2.39 bits per heavy atom. The van der Waals surface area contributed by atoms with Crippen LogP contribution in [-0.2, 0) is 17.6 Å². The highest BCUT2D eigenvalue weighted by Crippen LogP contribution is 2.13. The van der Waals surface area contributed by atoms with E-state index in [1.807, 2.05) is 43.4 Å². The highest BCUT2D eigenvalue weighted by atomic mass is 35.5. The summed E-state index contributed by atoms with van der Waals surface area (Å²) in [5.41, 5.74) is 8.87. The summed E-state index contributed by atoms with van der Waals surface area (Å²) in [6, 6.07) is 11.6. The number of aryl methyl sites for hydroxylation is 1. The number of hydrogen-bond donors (Lipinski definition) is 1. The van der Waals surface area contributed by atoms with Gasteiger partial charge in [-0.25, -0.2) is 0 Å². The predicted octanol–water partition coefficient (Wildman–Crippen LogP) is 3.14. The summed E-state index contributed by atoms with van der Waals surface area (Å²) in [5.74, 6) is 0.146. The van der Waals surface area contributed by atoms with E-state index in [1.54, 1.807) is 17.3 Å². The van der Waals surface area contributed by atoms with E-state index in [1.165, 1.54) is 5.56 Å². The Balaban J connectivity index is 0.00000242. The number of carbonyl (C=O) groups excluding carboxylic acids is 1. The highest BCUT2D eigenvalue weighted by molar-refractivity contribution is 5.85. The van der Waals surface area contributed by atoms with Crippen LogP contribution in [-0.4, -0.2) is 29.4 Å². The van der Waals surface area contributed by atoms with Crippen molar-refractivity contribution in [3.8, 4) is 0 Å². The fraction of sp³-hybridized carbons (Fsp3) is 0.294. The van der Waals surface area contributed by atoms with Crippen molar-refractivity contribution in [1.29, 1.82) is 0 Å². The second-order valence-corrected chi connectivity index (χ2v) is 5.12. The third-order valence-corrected chi connectivity index (χ3v) is 3.57. The van der Waals surface area contributed by atoms with Crippen molar-refractivity contribution in [3.05, 3.63) is 59.9 Å². The Bertz CT molecular complexity index is 593. The molecule has 2 rings (SSSR count). The number of anilines is 1. The molecule has 1 amide bonds. The zero-order chi connectivity index (χ0) is 15.1. The van der Waals surface area contributed by atoms with Crippen molar-refractivity contribution in [2.45, 2.75) is 19.3 Å². The van der Waals surface area contributed by atoms with E-state index in [9.17, 15) is 4.79 Å². The van der Waals surface area contributed by atoms with Crippen molar-refractivity contribution in [2.75, 3.05) is 19.3 Å². The first-order chi connectivity index (χ1) is 10.2. The zero-order valence-corrected chi connectivity index (χ0v) is 14.8. The molecule has 4 nitrogen and oxygen atoms in total. The molecule has 0 saturated heterocycles. The lowest BCUT2D eigenvalue weighted by molar-refractivity contribution is -0.129. The highest BCUT2D eigenvalue weighted by Gasteiger charge is 2.09. The van der Waals surface area contributed by atoms with Crippen LogP contribution in [0, 0.1) is 0 Å². The van der Waals surface area contributed by atoms with Crippen molar-refractivity contribution < 1.29 is 4.79 Å². The Morgan fingerprint density at radius 2 is 1.74 bits per heavy atom. The molecule has 0 saturated carbocycles. The fourth-order valence-electron chi connectivity index (χ4n) is 2.17. The van der Waals surface area contributed by atoms with E-state index >= 15 is 0 Å². The number of nitrogens with zero attached hydrogens (tertiary/aromatic N) is 2. The molecule has 1 aromatic carbocycles. The van der Waals surface area contributed by atoms with Crippen molar-refractivity contribution in [3.63, 3.8) is 0 Å². The van der Waals surface area contributed by atoms with Gasteiger partial charge in [0, 0.05) is 38.1 Å². The number of nitrogen functional groups attached to an aromatic ring is 1. The molecule has 0 aliphatic rings. The lowest BCUT2D eigenvalue weighted by atomic mass is 10.1. The van der Waals surface area contributed by atoms with Crippen molar-refractivity contribution in [1.82, 2.24) is 9.88 Å². The third-order valence-electron chi connectivity index (χ3n) is 3.57. The molecule has 0 bridgehead atoms. The molecule has 0 radical (unpaired) electrons. The fourth-order valence-corrected chi connectivity index (χ4v) is 2.17. The number of benzene rings is 1. The van der Waals surface area contributed by atoms with E-state index in [4.69, 9.17) is 5.73 Å². The lowest BCUT2D eigenvalue weighted by Crippen LogP contribution is -2.29. The van der Waals surface area contributed by atoms with Crippen molar-refractivity contribution in [2.24, 2.45) is 0 Å². The maximum atomic E-state index is 12.1. The van der Waals surface area contributed by atoms with Crippen LogP contribution in [0.1, 0.15) is 17.5 Å². The van der Waals surface area contributed by atoms with Gasteiger partial charge in [0.2, 0.25) is 5.91 Å². The van der Waals surface area contributed by atoms with E-state index in [-0.39, 0.29) is 30.7 Å². The van der Waals surface area contributed by atoms with Gasteiger partial charge in [0.05, 0.1) is 0 Å². The van der Waals surface area contributed by atoms with Gasteiger partial charge in [0.25, 0.3) is 0 Å². The topological polar surface area (TPSA) is 59.2 Å². The molecule has 23 heavy (non-hydrogen) atoms. The minimum Gasteiger partial charge on any atom is -0.399 e. The quantitative estimate of drug-likeness (QED) is 0.809. The molecule has 0 aliphatic heterocycles. The molecule has 0 spiro atoms. The number of hydrogen-bond acceptors (Lipinski definition) is 3. The van der Waals surface area contributed by atoms with Crippen molar-refractivity contribution >= 4 is 36.4 Å². The van der Waals surface area contributed by atoms with Gasteiger partial charge in [-0.15, -0.1) is 24.8 Å². The van der Waals surface area contributed by atoms with Crippen LogP contribution < -0.4 is 5.73 Å². The second kappa shape index (κ2) is 10.9. The Kier molecular flexibility index (Phi) is 10.0. The van der Waals surface area contributed by atoms with Gasteiger partial charge >= 0.3 is 0 Å². The first-order valence-electron chi connectivity index (χ1n) is 7.13. The molecule has 6 heteroatoms. The average Bonchev–Trinajstić information content (AvgIpc) is 2.52. The standard InChI is InChI=1S/C17H21N3O.2ClH/c1-20(13-10-14-8-11-19-12-9-14)17(21)7-6-15-4-2-3-5-16(15)18;;/h2-5,8-9,11-12H,6-7,10,13,18H2,1H3;2*1H. The summed E-state index contributed by atoms with van der Waals surface area (Å²) >= 11 is 0. The average molecular weight is 356 g/mol. The summed E-state index contributed by atoms with van der Waals surface area (Å²) in [5, 5.41) is 0. The van der Waals surface area contributed by atoms with Gasteiger partial charge < -0.3 is 10.6 Å². The minimum absolute atomic E-state index is 0. The molecule has 0 fully saturated rings. The molecular weight excluding hydrogens is 333 g/mol. The van der Waals surface area contributed by atoms with Gasteiger partial charge in [-0.05, 0) is 42.2 Å². The number of aromatic nitrogens is 1. The van der Waals surface area contributed by atoms with Crippen LogP contribution in [0.4, 0.5) is 5.69 Å². The SMILES string of the molecule is CN(CCc1ccncc1)C(=O)CCc1ccccc1N.Cl.Cl. The monoisotopic (exact) mass is 355 g/mol. The van der Waals surface area contributed by atoms with Crippen LogP contribution in [0.2, 0.25) is 0 Å². The number of halogens is 2. The number of carbonyl (C=O) groups is 1. The largest absolute Gasteiger partial charge is 0.399 e. The molecule has 2 aromatic rings. The Labute approximate surface area is 149 Å². The number of para-hydroxylation sites is 1. The summed E-state index contributed by atoms with van der Waals surface area (Å²) in [4.78, 5) is 17.9. The van der Waals surface area contributed by atoms with Crippen LogP contribution >= 0.6 is 24.8 Å². The van der Waals surface area contributed by atoms with Crippen LogP contribution in [0.25, 0.3) is 0 Å². The molecule has 2 N–H and O–H groups in total. The third kappa shape index (κ3) is 6.89. The summed E-state index contributed by atoms with van der Waals surface area (Å²) in [6.07, 6.45) is 5.56. The van der Waals surface area contributed by atoms with E-state index in [2.05, 4.69) is 4.98 Å². The van der Waals surface area contributed by atoms with Gasteiger partial charge in [-0.1, -0.05) is 18.2 Å². The van der Waals surface area contributed by atoms with Crippen LogP contribution in [0.5, 0.6) is 0 Å². The lowest BCUT2D eigenvalue weighted by Gasteiger charge is -2.17. The minimum atomic E-state index is 0. The molecule has 1 aromatic heterocycles. The van der Waals surface area contributed by atoms with Gasteiger partial charge in [-0.3, -0.25) is 9.78 Å². The maximum absolute atomic E-state index is 12.1. The zero-order valence-electron chi connectivity index (χ0n) is 13.1.